The van der Waals surface area contributed by atoms with Gasteiger partial charge in [0.25, 0.3) is 11.6 Å². The Hall–Kier alpha value is -3.68. The Bertz CT molecular complexity index is 1070. The zero-order valence-corrected chi connectivity index (χ0v) is 14.6. The van der Waals surface area contributed by atoms with E-state index < -0.39 is 22.6 Å². The minimum atomic E-state index is -0.841. The summed E-state index contributed by atoms with van der Waals surface area (Å²) in [6, 6.07) is 11.9. The molecular weight excluding hydrogens is 352 g/mol. The van der Waals surface area contributed by atoms with Crippen LogP contribution in [0.3, 0.4) is 0 Å². The number of anilines is 1. The average Bonchev–Trinajstić information content (AvgIpc) is 2.61. The molecule has 1 heterocycles. The van der Waals surface area contributed by atoms with E-state index in [0.29, 0.717) is 17.0 Å². The molecule has 0 fully saturated rings. The van der Waals surface area contributed by atoms with Crippen LogP contribution in [0.15, 0.2) is 57.7 Å². The second-order valence-electron chi connectivity index (χ2n) is 5.96. The molecule has 0 saturated carbocycles. The second-order valence-corrected chi connectivity index (χ2v) is 5.96. The first-order valence-corrected chi connectivity index (χ1v) is 8.10. The normalized spacial score (nSPS) is 11.8. The van der Waals surface area contributed by atoms with Crippen LogP contribution in [0.1, 0.15) is 12.5 Å². The molecule has 27 heavy (non-hydrogen) atoms. The van der Waals surface area contributed by atoms with Gasteiger partial charge in [-0.25, -0.2) is 4.79 Å². The van der Waals surface area contributed by atoms with Crippen molar-refractivity contribution in [3.8, 4) is 5.75 Å². The van der Waals surface area contributed by atoms with E-state index in [1.54, 1.807) is 32.0 Å². The van der Waals surface area contributed by atoms with Gasteiger partial charge >= 0.3 is 5.63 Å². The van der Waals surface area contributed by atoms with Crippen molar-refractivity contribution in [2.75, 3.05) is 5.32 Å². The van der Waals surface area contributed by atoms with Gasteiger partial charge in [0.2, 0.25) is 0 Å². The zero-order chi connectivity index (χ0) is 19.6. The molecule has 2 aromatic carbocycles. The predicted molar refractivity (Wildman–Crippen MR) is 99.0 cm³/mol. The maximum atomic E-state index is 12.3. The second kappa shape index (κ2) is 7.28. The van der Waals surface area contributed by atoms with E-state index in [4.69, 9.17) is 9.15 Å². The molecule has 138 valence electrons. The van der Waals surface area contributed by atoms with Crippen LogP contribution in [0.2, 0.25) is 0 Å². The molecule has 8 heteroatoms. The number of benzene rings is 2. The first-order chi connectivity index (χ1) is 12.8. The molecule has 1 amide bonds. The SMILES string of the molecule is Cc1cc(=O)oc2cc(NC(=O)[C@H](C)Oc3ccc([N+](=O)[O-])cc3)ccc12. The number of carbonyl (C=O) groups is 1. The first-order valence-electron chi connectivity index (χ1n) is 8.10. The topological polar surface area (TPSA) is 112 Å². The summed E-state index contributed by atoms with van der Waals surface area (Å²) in [5.41, 5.74) is 1.10. The lowest BCUT2D eigenvalue weighted by molar-refractivity contribution is -0.384. The number of hydrogen-bond acceptors (Lipinski definition) is 6. The minimum absolute atomic E-state index is 0.0626. The van der Waals surface area contributed by atoms with Crippen molar-refractivity contribution in [1.29, 1.82) is 0 Å². The number of nitro groups is 1. The molecule has 8 nitrogen and oxygen atoms in total. The van der Waals surface area contributed by atoms with Gasteiger partial charge in [-0.1, -0.05) is 0 Å². The van der Waals surface area contributed by atoms with Crippen molar-refractivity contribution < 1.29 is 18.9 Å². The maximum Gasteiger partial charge on any atom is 0.336 e. The molecule has 0 aliphatic rings. The van der Waals surface area contributed by atoms with Gasteiger partial charge in [-0.2, -0.15) is 0 Å². The number of hydrogen-bond donors (Lipinski definition) is 1. The number of rotatable bonds is 5. The third kappa shape index (κ3) is 4.12. The van der Waals surface area contributed by atoms with E-state index >= 15 is 0 Å². The molecule has 0 unspecified atom stereocenters. The summed E-state index contributed by atoms with van der Waals surface area (Å²) in [6.45, 7) is 3.36. The number of nitrogens with one attached hydrogen (secondary N) is 1. The molecule has 1 N–H and O–H groups in total. The highest BCUT2D eigenvalue weighted by atomic mass is 16.6. The smallest absolute Gasteiger partial charge is 0.336 e. The van der Waals surface area contributed by atoms with Crippen LogP contribution in [-0.4, -0.2) is 16.9 Å². The van der Waals surface area contributed by atoms with Gasteiger partial charge in [-0.3, -0.25) is 14.9 Å². The fraction of sp³-hybridized carbons (Fsp3) is 0.158. The van der Waals surface area contributed by atoms with Gasteiger partial charge in [0.15, 0.2) is 6.10 Å². The predicted octanol–water partition coefficient (Wildman–Crippen LogP) is 3.42. The number of non-ortho nitro benzene ring substituents is 1. The number of amides is 1. The van der Waals surface area contributed by atoms with Crippen molar-refractivity contribution in [2.45, 2.75) is 20.0 Å². The number of nitrogens with zero attached hydrogens (tertiary/aromatic N) is 1. The van der Waals surface area contributed by atoms with Gasteiger partial charge in [0, 0.05) is 35.3 Å². The summed E-state index contributed by atoms with van der Waals surface area (Å²) in [5, 5.41) is 14.1. The molecule has 3 rings (SSSR count). The molecule has 0 aliphatic carbocycles. The highest BCUT2D eigenvalue weighted by Gasteiger charge is 2.16. The molecule has 0 bridgehead atoms. The lowest BCUT2D eigenvalue weighted by Gasteiger charge is -2.15. The largest absolute Gasteiger partial charge is 0.481 e. The minimum Gasteiger partial charge on any atom is -0.481 e. The Labute approximate surface area is 153 Å². The quantitative estimate of drug-likeness (QED) is 0.419. The molecule has 0 spiro atoms. The standard InChI is InChI=1S/C19H16N2O6/c1-11-9-18(22)27-17-10-13(3-8-16(11)17)20-19(23)12(2)26-15-6-4-14(5-7-15)21(24)25/h3-10,12H,1-2H3,(H,20,23)/t12-/m0/s1. The van der Waals surface area contributed by atoms with E-state index in [-0.39, 0.29) is 5.69 Å². The third-order valence-corrected chi connectivity index (χ3v) is 3.95. The number of nitro benzene ring substituents is 1. The first kappa shape index (κ1) is 18.1. The molecule has 0 radical (unpaired) electrons. The molecule has 1 aromatic heterocycles. The van der Waals surface area contributed by atoms with Crippen LogP contribution in [-0.2, 0) is 4.79 Å². The van der Waals surface area contributed by atoms with E-state index in [9.17, 15) is 19.7 Å². The van der Waals surface area contributed by atoms with Crippen molar-refractivity contribution in [1.82, 2.24) is 0 Å². The summed E-state index contributed by atoms with van der Waals surface area (Å²) in [5.74, 6) is -0.0777. The van der Waals surface area contributed by atoms with Crippen molar-refractivity contribution in [3.05, 3.63) is 74.6 Å². The fourth-order valence-corrected chi connectivity index (χ4v) is 2.55. The fourth-order valence-electron chi connectivity index (χ4n) is 2.55. The summed E-state index contributed by atoms with van der Waals surface area (Å²) < 4.78 is 10.7. The van der Waals surface area contributed by atoms with Crippen LogP contribution in [0.25, 0.3) is 11.0 Å². The average molecular weight is 368 g/mol. The van der Waals surface area contributed by atoms with Crippen molar-refractivity contribution >= 4 is 28.3 Å². The van der Waals surface area contributed by atoms with Gasteiger partial charge < -0.3 is 14.5 Å². The van der Waals surface area contributed by atoms with E-state index in [1.165, 1.54) is 30.3 Å². The number of aryl methyl sites for hydroxylation is 1. The highest BCUT2D eigenvalue weighted by molar-refractivity contribution is 5.96. The van der Waals surface area contributed by atoms with Crippen molar-refractivity contribution in [3.63, 3.8) is 0 Å². The van der Waals surface area contributed by atoms with E-state index in [2.05, 4.69) is 5.32 Å². The van der Waals surface area contributed by atoms with Crippen LogP contribution >= 0.6 is 0 Å². The molecule has 3 aromatic rings. The Morgan fingerprint density at radius 2 is 1.89 bits per heavy atom. The number of ether oxygens (including phenoxy) is 1. The van der Waals surface area contributed by atoms with E-state index in [0.717, 1.165) is 10.9 Å². The summed E-state index contributed by atoms with van der Waals surface area (Å²) in [4.78, 5) is 34.0. The summed E-state index contributed by atoms with van der Waals surface area (Å²) in [7, 11) is 0. The Kier molecular flexibility index (Phi) is 4.89. The van der Waals surface area contributed by atoms with Crippen molar-refractivity contribution in [2.24, 2.45) is 0 Å². The molecule has 0 saturated heterocycles. The van der Waals surface area contributed by atoms with Gasteiger partial charge in [0.1, 0.15) is 11.3 Å². The van der Waals surface area contributed by atoms with Crippen LogP contribution in [0.4, 0.5) is 11.4 Å². The number of carbonyl (C=O) groups excluding carboxylic acids is 1. The zero-order valence-electron chi connectivity index (χ0n) is 14.6. The molecule has 0 aliphatic heterocycles. The Morgan fingerprint density at radius 3 is 2.56 bits per heavy atom. The third-order valence-electron chi connectivity index (χ3n) is 3.95. The lowest BCUT2D eigenvalue weighted by Crippen LogP contribution is -2.30. The van der Waals surface area contributed by atoms with Crippen LogP contribution in [0, 0.1) is 17.0 Å². The number of fused-ring (bicyclic) bond motifs is 1. The summed E-state index contributed by atoms with van der Waals surface area (Å²) >= 11 is 0. The van der Waals surface area contributed by atoms with E-state index in [1.807, 2.05) is 0 Å². The van der Waals surface area contributed by atoms with Crippen LogP contribution < -0.4 is 15.7 Å². The monoisotopic (exact) mass is 368 g/mol. The lowest BCUT2D eigenvalue weighted by atomic mass is 10.1. The maximum absolute atomic E-state index is 12.3. The summed E-state index contributed by atoms with van der Waals surface area (Å²) in [6.07, 6.45) is -0.841. The van der Waals surface area contributed by atoms with Gasteiger partial charge in [0.05, 0.1) is 4.92 Å². The van der Waals surface area contributed by atoms with Gasteiger partial charge in [-0.15, -0.1) is 0 Å². The Morgan fingerprint density at radius 1 is 1.19 bits per heavy atom. The highest BCUT2D eigenvalue weighted by Crippen LogP contribution is 2.22. The van der Waals surface area contributed by atoms with Gasteiger partial charge in [-0.05, 0) is 43.7 Å². The molecule has 1 atom stereocenters. The Balaban J connectivity index is 1.71. The van der Waals surface area contributed by atoms with Crippen LogP contribution in [0.5, 0.6) is 5.75 Å². The molecular formula is C19H16N2O6.